The number of hydrogen-bond acceptors (Lipinski definition) is 3. The van der Waals surface area contributed by atoms with Crippen molar-refractivity contribution in [1.82, 2.24) is 14.8 Å². The molecule has 3 rings (SSSR count). The topological polar surface area (TPSA) is 39.9 Å². The summed E-state index contributed by atoms with van der Waals surface area (Å²) < 4.78 is 59.8. The molecule has 0 atom stereocenters. The molecule has 0 saturated carbocycles. The van der Waals surface area contributed by atoms with Gasteiger partial charge in [-0.25, -0.2) is 4.39 Å². The number of ether oxygens (including phenoxy) is 1. The summed E-state index contributed by atoms with van der Waals surface area (Å²) in [7, 11) is 1.50. The molecule has 25 heavy (non-hydrogen) atoms. The Morgan fingerprint density at radius 3 is 2.60 bits per heavy atom. The molecule has 0 bridgehead atoms. The molecule has 0 amide bonds. The Morgan fingerprint density at radius 2 is 1.96 bits per heavy atom. The Labute approximate surface area is 145 Å². The summed E-state index contributed by atoms with van der Waals surface area (Å²) in [5.74, 6) is -0.735. The first-order chi connectivity index (χ1) is 11.7. The molecular weight excluding hydrogens is 362 g/mol. The third-order valence-corrected chi connectivity index (χ3v) is 3.99. The lowest BCUT2D eigenvalue weighted by atomic mass is 10.1. The minimum absolute atomic E-state index is 0.0625. The van der Waals surface area contributed by atoms with Gasteiger partial charge in [-0.05, 0) is 19.1 Å². The lowest BCUT2D eigenvalue weighted by Crippen LogP contribution is -2.08. The third-order valence-electron chi connectivity index (χ3n) is 3.64. The van der Waals surface area contributed by atoms with Crippen LogP contribution >= 0.6 is 11.6 Å². The maximum absolute atomic E-state index is 13.4. The zero-order chi connectivity index (χ0) is 18.4. The smallest absolute Gasteiger partial charge is 0.417 e. The fourth-order valence-electron chi connectivity index (χ4n) is 2.51. The number of aromatic nitrogens is 3. The Kier molecular flexibility index (Phi) is 4.32. The Bertz CT molecular complexity index is 953. The highest BCUT2D eigenvalue weighted by atomic mass is 35.5. The number of hydrogen-bond donors (Lipinski definition) is 0. The quantitative estimate of drug-likeness (QED) is 0.626. The van der Waals surface area contributed by atoms with E-state index in [4.69, 9.17) is 16.3 Å². The number of alkyl halides is 3. The fraction of sp³-hybridized carbons (Fsp3) is 0.250. The molecule has 2 heterocycles. The van der Waals surface area contributed by atoms with E-state index >= 15 is 0 Å². The second kappa shape index (κ2) is 6.18. The number of nitrogens with zero attached hydrogens (tertiary/aromatic N) is 3. The van der Waals surface area contributed by atoms with Gasteiger partial charge >= 0.3 is 6.18 Å². The molecule has 0 aliphatic carbocycles. The molecule has 0 N–H and O–H groups in total. The van der Waals surface area contributed by atoms with Gasteiger partial charge in [-0.1, -0.05) is 17.7 Å². The molecule has 2 aromatic heterocycles. The summed E-state index contributed by atoms with van der Waals surface area (Å²) in [6, 6.07) is 4.51. The lowest BCUT2D eigenvalue weighted by molar-refractivity contribution is -0.136. The van der Waals surface area contributed by atoms with Gasteiger partial charge in [-0.2, -0.15) is 23.3 Å². The second-order valence-corrected chi connectivity index (χ2v) is 5.85. The second-order valence-electron chi connectivity index (χ2n) is 5.44. The van der Waals surface area contributed by atoms with Crippen LogP contribution < -0.4 is 4.74 Å². The summed E-state index contributed by atoms with van der Waals surface area (Å²) >= 11 is 5.89. The molecule has 9 heteroatoms. The van der Waals surface area contributed by atoms with E-state index < -0.39 is 17.6 Å². The van der Waals surface area contributed by atoms with Crippen LogP contribution in [-0.2, 0) is 19.8 Å². The van der Waals surface area contributed by atoms with Crippen molar-refractivity contribution in [1.29, 1.82) is 0 Å². The van der Waals surface area contributed by atoms with Gasteiger partial charge in [0.1, 0.15) is 12.4 Å². The van der Waals surface area contributed by atoms with Crippen molar-refractivity contribution in [3.8, 4) is 5.88 Å². The summed E-state index contributed by atoms with van der Waals surface area (Å²) in [4.78, 5) is 4.09. The molecule has 0 fully saturated rings. The minimum Gasteiger partial charge on any atom is -0.473 e. The minimum atomic E-state index is -4.58. The van der Waals surface area contributed by atoms with Crippen LogP contribution in [0.1, 0.15) is 16.8 Å². The van der Waals surface area contributed by atoms with Crippen LogP contribution in [0.5, 0.6) is 5.88 Å². The van der Waals surface area contributed by atoms with Crippen LogP contribution in [-0.4, -0.2) is 14.8 Å². The average Bonchev–Trinajstić information content (AvgIpc) is 2.79. The van der Waals surface area contributed by atoms with Crippen LogP contribution in [0, 0.1) is 12.7 Å². The molecule has 4 nitrogen and oxygen atoms in total. The van der Waals surface area contributed by atoms with Crippen molar-refractivity contribution in [3.63, 3.8) is 0 Å². The summed E-state index contributed by atoms with van der Waals surface area (Å²) in [6.07, 6.45) is -4.58. The predicted octanol–water partition coefficient (Wildman–Crippen LogP) is 4.67. The van der Waals surface area contributed by atoms with Gasteiger partial charge in [0.2, 0.25) is 5.88 Å². The zero-order valence-electron chi connectivity index (χ0n) is 13.2. The zero-order valence-corrected chi connectivity index (χ0v) is 13.9. The number of pyridine rings is 1. The van der Waals surface area contributed by atoms with E-state index in [0.717, 1.165) is 12.1 Å². The normalized spacial score (nSPS) is 12.0. The van der Waals surface area contributed by atoms with Crippen LogP contribution in [0.3, 0.4) is 0 Å². The number of benzene rings is 1. The van der Waals surface area contributed by atoms with Crippen LogP contribution in [0.2, 0.25) is 5.02 Å². The van der Waals surface area contributed by atoms with Crippen molar-refractivity contribution < 1.29 is 22.3 Å². The van der Waals surface area contributed by atoms with Crippen molar-refractivity contribution in [2.24, 2.45) is 7.05 Å². The number of aryl methyl sites for hydroxylation is 2. The predicted molar refractivity (Wildman–Crippen MR) is 84.0 cm³/mol. The first-order valence-corrected chi connectivity index (χ1v) is 7.53. The SMILES string of the molecule is Cc1nn(C)c2nc(OCc3ccc(F)cc3Cl)cc(C(F)(F)F)c12. The average molecular weight is 374 g/mol. The van der Waals surface area contributed by atoms with E-state index in [9.17, 15) is 17.6 Å². The van der Waals surface area contributed by atoms with Crippen LogP contribution in [0.25, 0.3) is 11.0 Å². The van der Waals surface area contributed by atoms with Gasteiger partial charge in [-0.3, -0.25) is 4.68 Å². The lowest BCUT2D eigenvalue weighted by Gasteiger charge is -2.12. The number of rotatable bonds is 3. The largest absolute Gasteiger partial charge is 0.473 e. The Balaban J connectivity index is 2.01. The molecule has 3 aromatic rings. The molecule has 1 aromatic carbocycles. The Morgan fingerprint density at radius 1 is 1.24 bits per heavy atom. The number of halogens is 5. The molecule has 0 aliphatic rings. The van der Waals surface area contributed by atoms with Gasteiger partial charge in [0.15, 0.2) is 5.65 Å². The number of fused-ring (bicyclic) bond motifs is 1. The molecular formula is C16H12ClF4N3O. The first kappa shape index (κ1) is 17.5. The van der Waals surface area contributed by atoms with Crippen molar-refractivity contribution >= 4 is 22.6 Å². The van der Waals surface area contributed by atoms with Crippen molar-refractivity contribution in [3.05, 3.63) is 51.9 Å². The van der Waals surface area contributed by atoms with Gasteiger partial charge in [0.05, 0.1) is 21.7 Å². The van der Waals surface area contributed by atoms with Gasteiger partial charge in [-0.15, -0.1) is 0 Å². The molecule has 132 valence electrons. The van der Waals surface area contributed by atoms with E-state index in [2.05, 4.69) is 10.1 Å². The third kappa shape index (κ3) is 3.39. The molecule has 0 radical (unpaired) electrons. The van der Waals surface area contributed by atoms with E-state index in [-0.39, 0.29) is 34.2 Å². The maximum atomic E-state index is 13.4. The van der Waals surface area contributed by atoms with Gasteiger partial charge in [0.25, 0.3) is 0 Å². The monoisotopic (exact) mass is 373 g/mol. The van der Waals surface area contributed by atoms with Crippen LogP contribution in [0.15, 0.2) is 24.3 Å². The van der Waals surface area contributed by atoms with E-state index in [1.54, 1.807) is 0 Å². The highest BCUT2D eigenvalue weighted by Gasteiger charge is 2.35. The van der Waals surface area contributed by atoms with Crippen molar-refractivity contribution in [2.75, 3.05) is 0 Å². The van der Waals surface area contributed by atoms with E-state index in [1.807, 2.05) is 0 Å². The molecule has 0 aliphatic heterocycles. The van der Waals surface area contributed by atoms with E-state index in [1.165, 1.54) is 30.8 Å². The highest BCUT2D eigenvalue weighted by molar-refractivity contribution is 6.31. The molecule has 0 saturated heterocycles. The standard InChI is InChI=1S/C16H12ClF4N3O/c1-8-14-11(16(19,20)21)6-13(22-15(14)24(2)23-8)25-7-9-3-4-10(18)5-12(9)17/h3-6H,7H2,1-2H3. The Hall–Kier alpha value is -2.35. The highest BCUT2D eigenvalue weighted by Crippen LogP contribution is 2.37. The van der Waals surface area contributed by atoms with Crippen molar-refractivity contribution in [2.45, 2.75) is 19.7 Å². The van der Waals surface area contributed by atoms with Gasteiger partial charge in [0, 0.05) is 18.7 Å². The maximum Gasteiger partial charge on any atom is 0.417 e. The molecule has 0 unspecified atom stereocenters. The summed E-state index contributed by atoms with van der Waals surface area (Å²) in [5, 5.41) is 4.03. The molecule has 0 spiro atoms. The first-order valence-electron chi connectivity index (χ1n) is 7.15. The van der Waals surface area contributed by atoms with E-state index in [0.29, 0.717) is 5.56 Å². The summed E-state index contributed by atoms with van der Waals surface area (Å²) in [6.45, 7) is 1.34. The fourth-order valence-corrected chi connectivity index (χ4v) is 2.73. The van der Waals surface area contributed by atoms with Gasteiger partial charge < -0.3 is 4.74 Å². The summed E-state index contributed by atoms with van der Waals surface area (Å²) in [5.41, 5.74) is -0.152. The van der Waals surface area contributed by atoms with Crippen LogP contribution in [0.4, 0.5) is 17.6 Å².